The van der Waals surface area contributed by atoms with Gasteiger partial charge in [-0.15, -0.1) is 0 Å². The molecule has 1 amide bonds. The van der Waals surface area contributed by atoms with Gasteiger partial charge >= 0.3 is 5.97 Å². The molecule has 0 aromatic heterocycles. The van der Waals surface area contributed by atoms with Crippen molar-refractivity contribution in [2.75, 3.05) is 11.6 Å². The van der Waals surface area contributed by atoms with E-state index >= 15 is 0 Å². The zero-order chi connectivity index (χ0) is 20.7. The van der Waals surface area contributed by atoms with E-state index in [-0.39, 0.29) is 22.6 Å². The lowest BCUT2D eigenvalue weighted by atomic mass is 9.72. The monoisotopic (exact) mass is 402 g/mol. The van der Waals surface area contributed by atoms with Gasteiger partial charge in [0.15, 0.2) is 0 Å². The minimum Gasteiger partial charge on any atom is -0.478 e. The van der Waals surface area contributed by atoms with Gasteiger partial charge in [0.2, 0.25) is 10.0 Å². The van der Waals surface area contributed by atoms with Crippen molar-refractivity contribution in [3.05, 3.63) is 64.7 Å². The molecule has 0 spiro atoms. The van der Waals surface area contributed by atoms with E-state index in [1.807, 2.05) is 10.8 Å². The van der Waals surface area contributed by atoms with Gasteiger partial charge < -0.3 is 10.4 Å². The molecule has 1 unspecified atom stereocenters. The Balaban J connectivity index is 1.94. The third-order valence-electron chi connectivity index (χ3n) is 4.84. The van der Waals surface area contributed by atoms with Crippen molar-refractivity contribution in [2.24, 2.45) is 5.41 Å². The second-order valence-electron chi connectivity index (χ2n) is 7.75. The summed E-state index contributed by atoms with van der Waals surface area (Å²) in [6.07, 6.45) is 1.59. The van der Waals surface area contributed by atoms with Crippen LogP contribution in [0.25, 0.3) is 0 Å². The number of sulfonamides is 1. The van der Waals surface area contributed by atoms with Crippen LogP contribution >= 0.6 is 0 Å². The second kappa shape index (κ2) is 6.94. The van der Waals surface area contributed by atoms with Crippen molar-refractivity contribution in [2.45, 2.75) is 26.3 Å². The number of hydrogen-bond acceptors (Lipinski definition) is 5. The number of amides is 1. The number of aromatic carboxylic acids is 1. The lowest BCUT2D eigenvalue weighted by molar-refractivity contribution is 0.0696. The highest BCUT2D eigenvalue weighted by atomic mass is 32.2. The molecule has 1 aliphatic heterocycles. The number of anilines is 1. The van der Waals surface area contributed by atoms with Crippen LogP contribution in [-0.4, -0.2) is 31.7 Å². The van der Waals surface area contributed by atoms with Gasteiger partial charge in [0.25, 0.3) is 5.91 Å². The highest BCUT2D eigenvalue weighted by Gasteiger charge is 2.36. The van der Waals surface area contributed by atoms with Gasteiger partial charge in [-0.05, 0) is 53.3 Å². The molecule has 3 N–H and O–H groups in total. The molecule has 1 atom stereocenters. The molecule has 0 bridgehead atoms. The Morgan fingerprint density at radius 1 is 1.14 bits per heavy atom. The molecule has 2 aromatic carbocycles. The van der Waals surface area contributed by atoms with Crippen LogP contribution in [0.15, 0.2) is 42.5 Å². The van der Waals surface area contributed by atoms with E-state index in [9.17, 15) is 23.1 Å². The van der Waals surface area contributed by atoms with E-state index in [4.69, 9.17) is 0 Å². The van der Waals surface area contributed by atoms with Crippen molar-refractivity contribution < 1.29 is 23.1 Å². The number of hydrogen-bond donors (Lipinski definition) is 3. The normalized spacial score (nSPS) is 17.9. The Bertz CT molecular complexity index is 1060. The van der Waals surface area contributed by atoms with Gasteiger partial charge in [0.05, 0.1) is 17.9 Å². The number of carbonyl (C=O) groups is 2. The number of carboxylic acid groups (broad SMARTS) is 1. The summed E-state index contributed by atoms with van der Waals surface area (Å²) in [7, 11) is -3.65. The number of benzene rings is 2. The van der Waals surface area contributed by atoms with Crippen LogP contribution < -0.4 is 10.0 Å². The molecule has 2 aromatic rings. The summed E-state index contributed by atoms with van der Waals surface area (Å²) >= 11 is 0. The van der Waals surface area contributed by atoms with Crippen molar-refractivity contribution >= 4 is 27.6 Å². The molecule has 8 heteroatoms. The Labute approximate surface area is 163 Å². The van der Waals surface area contributed by atoms with E-state index in [1.165, 1.54) is 0 Å². The molecule has 28 heavy (non-hydrogen) atoms. The SMILES string of the molecule is CC1(C)Cc2cc(C(=O)O)ccc2NC1c1cccc(C(=O)NS(C)(=O)=O)c1. The maximum absolute atomic E-state index is 12.2. The van der Waals surface area contributed by atoms with Crippen LogP contribution in [0.1, 0.15) is 51.7 Å². The molecule has 7 nitrogen and oxygen atoms in total. The summed E-state index contributed by atoms with van der Waals surface area (Å²) in [4.78, 5) is 23.4. The van der Waals surface area contributed by atoms with Crippen molar-refractivity contribution in [3.63, 3.8) is 0 Å². The summed E-state index contributed by atoms with van der Waals surface area (Å²) in [6, 6.07) is 11.7. The molecule has 1 aliphatic rings. The maximum Gasteiger partial charge on any atom is 0.335 e. The number of carbonyl (C=O) groups excluding carboxylic acids is 1. The van der Waals surface area contributed by atoms with Crippen LogP contribution in [-0.2, 0) is 16.4 Å². The standard InChI is InChI=1S/C20H22N2O5S/c1-20(2)11-15-10-14(19(24)25)7-8-16(15)21-17(20)12-5-4-6-13(9-12)18(23)22-28(3,26)27/h4-10,17,21H,11H2,1-3H3,(H,22,23)(H,24,25). The van der Waals surface area contributed by atoms with Gasteiger partial charge in [-0.25, -0.2) is 17.9 Å². The molecule has 0 radical (unpaired) electrons. The number of carboxylic acids is 1. The van der Waals surface area contributed by atoms with Gasteiger partial charge in [-0.2, -0.15) is 0 Å². The first-order chi connectivity index (χ1) is 13.0. The molecule has 1 heterocycles. The predicted molar refractivity (Wildman–Crippen MR) is 106 cm³/mol. The average molecular weight is 402 g/mol. The minimum absolute atomic E-state index is 0.137. The lowest BCUT2D eigenvalue weighted by Gasteiger charge is -2.41. The fraction of sp³-hybridized carbons (Fsp3) is 0.300. The van der Waals surface area contributed by atoms with Crippen LogP contribution in [0.2, 0.25) is 0 Å². The molecule has 0 fully saturated rings. The van der Waals surface area contributed by atoms with E-state index in [0.29, 0.717) is 6.42 Å². The second-order valence-corrected chi connectivity index (χ2v) is 9.50. The van der Waals surface area contributed by atoms with E-state index < -0.39 is 21.9 Å². The molecule has 0 saturated carbocycles. The summed E-state index contributed by atoms with van der Waals surface area (Å²) in [5.41, 5.74) is 2.85. The van der Waals surface area contributed by atoms with Gasteiger partial charge in [-0.1, -0.05) is 26.0 Å². The fourth-order valence-corrected chi connectivity index (χ4v) is 4.03. The van der Waals surface area contributed by atoms with Crippen LogP contribution in [0.4, 0.5) is 5.69 Å². The first kappa shape index (κ1) is 19.9. The number of rotatable bonds is 4. The Morgan fingerprint density at radius 2 is 1.86 bits per heavy atom. The maximum atomic E-state index is 12.2. The van der Waals surface area contributed by atoms with E-state index in [0.717, 1.165) is 23.1 Å². The Morgan fingerprint density at radius 3 is 2.50 bits per heavy atom. The quantitative estimate of drug-likeness (QED) is 0.725. The smallest absolute Gasteiger partial charge is 0.335 e. The minimum atomic E-state index is -3.65. The summed E-state index contributed by atoms with van der Waals surface area (Å²) in [6.45, 7) is 4.12. The van der Waals surface area contributed by atoms with Crippen molar-refractivity contribution in [1.82, 2.24) is 4.72 Å². The van der Waals surface area contributed by atoms with Gasteiger partial charge in [0.1, 0.15) is 0 Å². The molecule has 0 aliphatic carbocycles. The summed E-state index contributed by atoms with van der Waals surface area (Å²) in [5.74, 6) is -1.64. The molecule has 3 rings (SSSR count). The summed E-state index contributed by atoms with van der Waals surface area (Å²) < 4.78 is 24.6. The van der Waals surface area contributed by atoms with Gasteiger partial charge in [-0.3, -0.25) is 4.79 Å². The highest BCUT2D eigenvalue weighted by molar-refractivity contribution is 7.89. The number of nitrogens with one attached hydrogen (secondary N) is 2. The third kappa shape index (κ3) is 4.17. The largest absolute Gasteiger partial charge is 0.478 e. The first-order valence-electron chi connectivity index (χ1n) is 8.71. The Kier molecular flexibility index (Phi) is 4.93. The van der Waals surface area contributed by atoms with E-state index in [1.54, 1.807) is 36.4 Å². The fourth-order valence-electron chi connectivity index (χ4n) is 3.58. The van der Waals surface area contributed by atoms with Crippen LogP contribution in [0.5, 0.6) is 0 Å². The van der Waals surface area contributed by atoms with E-state index in [2.05, 4.69) is 19.2 Å². The lowest BCUT2D eigenvalue weighted by Crippen LogP contribution is -2.35. The molecular weight excluding hydrogens is 380 g/mol. The average Bonchev–Trinajstić information content (AvgIpc) is 2.58. The highest BCUT2D eigenvalue weighted by Crippen LogP contribution is 2.45. The van der Waals surface area contributed by atoms with Crippen LogP contribution in [0, 0.1) is 5.41 Å². The molecule has 148 valence electrons. The molecule has 0 saturated heterocycles. The van der Waals surface area contributed by atoms with Crippen LogP contribution in [0.3, 0.4) is 0 Å². The summed E-state index contributed by atoms with van der Waals surface area (Å²) in [5, 5.41) is 12.6. The topological polar surface area (TPSA) is 113 Å². The predicted octanol–water partition coefficient (Wildman–Crippen LogP) is 2.81. The van der Waals surface area contributed by atoms with Crippen molar-refractivity contribution in [3.8, 4) is 0 Å². The Hall–Kier alpha value is -2.87. The first-order valence-corrected chi connectivity index (χ1v) is 10.6. The zero-order valence-corrected chi connectivity index (χ0v) is 16.6. The third-order valence-corrected chi connectivity index (χ3v) is 5.40. The zero-order valence-electron chi connectivity index (χ0n) is 15.8. The molecular formula is C20H22N2O5S. The van der Waals surface area contributed by atoms with Gasteiger partial charge in [0, 0.05) is 11.3 Å². The van der Waals surface area contributed by atoms with Crippen molar-refractivity contribution in [1.29, 1.82) is 0 Å². The number of fused-ring (bicyclic) bond motifs is 1.